The first-order valence-corrected chi connectivity index (χ1v) is 6.77. The summed E-state index contributed by atoms with van der Waals surface area (Å²) < 4.78 is 0. The SMILES string of the molecule is CN(Cc1ccc(C#N)cc1)C(=O)C1(C#N)CCCC1. The lowest BCUT2D eigenvalue weighted by Gasteiger charge is -2.26. The zero-order valence-electron chi connectivity index (χ0n) is 11.6. The van der Waals surface area contributed by atoms with Crippen LogP contribution in [0.1, 0.15) is 36.8 Å². The highest BCUT2D eigenvalue weighted by molar-refractivity contribution is 5.85. The van der Waals surface area contributed by atoms with E-state index in [1.54, 1.807) is 24.1 Å². The van der Waals surface area contributed by atoms with E-state index in [1.807, 2.05) is 12.1 Å². The molecule has 102 valence electrons. The van der Waals surface area contributed by atoms with Gasteiger partial charge in [0, 0.05) is 13.6 Å². The number of carbonyl (C=O) groups is 1. The van der Waals surface area contributed by atoms with E-state index in [0.29, 0.717) is 24.9 Å². The summed E-state index contributed by atoms with van der Waals surface area (Å²) in [6, 6.07) is 11.5. The average Bonchev–Trinajstić information content (AvgIpc) is 2.97. The van der Waals surface area contributed by atoms with Crippen LogP contribution in [0, 0.1) is 28.1 Å². The van der Waals surface area contributed by atoms with Crippen LogP contribution >= 0.6 is 0 Å². The third kappa shape index (κ3) is 2.65. The number of rotatable bonds is 3. The molecule has 0 heterocycles. The quantitative estimate of drug-likeness (QED) is 0.845. The molecule has 4 nitrogen and oxygen atoms in total. The van der Waals surface area contributed by atoms with Crippen molar-refractivity contribution in [1.82, 2.24) is 4.90 Å². The van der Waals surface area contributed by atoms with Gasteiger partial charge in [0.05, 0.1) is 17.7 Å². The minimum Gasteiger partial charge on any atom is -0.340 e. The minimum atomic E-state index is -0.818. The Morgan fingerprint density at radius 3 is 2.35 bits per heavy atom. The van der Waals surface area contributed by atoms with E-state index in [2.05, 4.69) is 12.1 Å². The van der Waals surface area contributed by atoms with Crippen molar-refractivity contribution >= 4 is 5.91 Å². The zero-order chi connectivity index (χ0) is 14.6. The van der Waals surface area contributed by atoms with Gasteiger partial charge < -0.3 is 4.90 Å². The van der Waals surface area contributed by atoms with Crippen LogP contribution in [0.25, 0.3) is 0 Å². The molecule has 20 heavy (non-hydrogen) atoms. The summed E-state index contributed by atoms with van der Waals surface area (Å²) in [6.45, 7) is 0.466. The first kappa shape index (κ1) is 14.1. The van der Waals surface area contributed by atoms with Crippen LogP contribution < -0.4 is 0 Å². The van der Waals surface area contributed by atoms with Gasteiger partial charge in [-0.25, -0.2) is 0 Å². The molecule has 1 aliphatic rings. The van der Waals surface area contributed by atoms with Gasteiger partial charge in [-0.05, 0) is 30.5 Å². The molecule has 1 aromatic carbocycles. The predicted molar refractivity (Wildman–Crippen MR) is 74.1 cm³/mol. The lowest BCUT2D eigenvalue weighted by molar-refractivity contribution is -0.138. The van der Waals surface area contributed by atoms with E-state index in [4.69, 9.17) is 5.26 Å². The third-order valence-electron chi connectivity index (χ3n) is 3.93. The average molecular weight is 267 g/mol. The van der Waals surface area contributed by atoms with Crippen LogP contribution in [0.2, 0.25) is 0 Å². The smallest absolute Gasteiger partial charge is 0.243 e. The highest BCUT2D eigenvalue weighted by atomic mass is 16.2. The number of nitriles is 2. The number of benzene rings is 1. The van der Waals surface area contributed by atoms with E-state index >= 15 is 0 Å². The normalized spacial score (nSPS) is 16.1. The Hall–Kier alpha value is -2.33. The molecule has 2 rings (SSSR count). The van der Waals surface area contributed by atoms with E-state index in [9.17, 15) is 10.1 Å². The van der Waals surface area contributed by atoms with Gasteiger partial charge in [-0.2, -0.15) is 10.5 Å². The second-order valence-corrected chi connectivity index (χ2v) is 5.37. The molecule has 0 N–H and O–H groups in total. The molecule has 0 unspecified atom stereocenters. The van der Waals surface area contributed by atoms with Gasteiger partial charge in [0.2, 0.25) is 5.91 Å². The van der Waals surface area contributed by atoms with Gasteiger partial charge in [-0.1, -0.05) is 25.0 Å². The summed E-state index contributed by atoms with van der Waals surface area (Å²) in [5.74, 6) is -0.0816. The van der Waals surface area contributed by atoms with Crippen molar-refractivity contribution in [1.29, 1.82) is 10.5 Å². The number of carbonyl (C=O) groups excluding carboxylic acids is 1. The second kappa shape index (κ2) is 5.75. The fraction of sp³-hybridized carbons (Fsp3) is 0.438. The first-order valence-electron chi connectivity index (χ1n) is 6.77. The Bertz CT molecular complexity index is 571. The largest absolute Gasteiger partial charge is 0.340 e. The predicted octanol–water partition coefficient (Wildman–Crippen LogP) is 2.60. The monoisotopic (exact) mass is 267 g/mol. The third-order valence-corrected chi connectivity index (χ3v) is 3.93. The Balaban J connectivity index is 2.07. The van der Waals surface area contributed by atoms with Crippen LogP contribution in [0.3, 0.4) is 0 Å². The maximum Gasteiger partial charge on any atom is 0.243 e. The van der Waals surface area contributed by atoms with Crippen molar-refractivity contribution < 1.29 is 4.79 Å². The van der Waals surface area contributed by atoms with E-state index in [1.165, 1.54) is 0 Å². The number of hydrogen-bond acceptors (Lipinski definition) is 3. The Kier molecular flexibility index (Phi) is 4.05. The van der Waals surface area contributed by atoms with Crippen molar-refractivity contribution in [2.24, 2.45) is 5.41 Å². The lowest BCUT2D eigenvalue weighted by atomic mass is 9.86. The molecule has 0 aliphatic heterocycles. The Morgan fingerprint density at radius 2 is 1.85 bits per heavy atom. The molecular formula is C16H17N3O. The standard InChI is InChI=1S/C16H17N3O/c1-19(11-14-6-4-13(10-17)5-7-14)15(20)16(12-18)8-2-3-9-16/h4-7H,2-3,8-9,11H2,1H3. The Labute approximate surface area is 119 Å². The molecule has 1 fully saturated rings. The molecule has 1 amide bonds. The van der Waals surface area contributed by atoms with Crippen molar-refractivity contribution in [3.63, 3.8) is 0 Å². The molecule has 0 spiro atoms. The summed E-state index contributed by atoms with van der Waals surface area (Å²) in [7, 11) is 1.73. The van der Waals surface area contributed by atoms with Crippen LogP contribution in [0.5, 0.6) is 0 Å². The summed E-state index contributed by atoms with van der Waals surface area (Å²) in [5, 5.41) is 18.1. The molecule has 0 atom stereocenters. The Morgan fingerprint density at radius 1 is 1.25 bits per heavy atom. The fourth-order valence-electron chi connectivity index (χ4n) is 2.75. The summed E-state index contributed by atoms with van der Waals surface area (Å²) >= 11 is 0. The summed E-state index contributed by atoms with van der Waals surface area (Å²) in [4.78, 5) is 14.1. The van der Waals surface area contributed by atoms with Crippen molar-refractivity contribution in [3.05, 3.63) is 35.4 Å². The van der Waals surface area contributed by atoms with Crippen LogP contribution in [0.15, 0.2) is 24.3 Å². The molecule has 1 aromatic rings. The maximum atomic E-state index is 12.5. The number of amides is 1. The molecule has 0 bridgehead atoms. The minimum absolute atomic E-state index is 0.0816. The van der Waals surface area contributed by atoms with E-state index in [0.717, 1.165) is 18.4 Å². The maximum absolute atomic E-state index is 12.5. The first-order chi connectivity index (χ1) is 9.61. The van der Waals surface area contributed by atoms with Gasteiger partial charge >= 0.3 is 0 Å². The van der Waals surface area contributed by atoms with E-state index < -0.39 is 5.41 Å². The molecule has 1 aliphatic carbocycles. The number of nitrogens with zero attached hydrogens (tertiary/aromatic N) is 3. The molecule has 1 saturated carbocycles. The second-order valence-electron chi connectivity index (χ2n) is 5.37. The van der Waals surface area contributed by atoms with Gasteiger partial charge in [0.1, 0.15) is 5.41 Å². The van der Waals surface area contributed by atoms with Gasteiger partial charge in [-0.3, -0.25) is 4.79 Å². The molecular weight excluding hydrogens is 250 g/mol. The summed E-state index contributed by atoms with van der Waals surface area (Å²) in [5.41, 5.74) is 0.749. The molecule has 0 saturated heterocycles. The molecule has 0 aromatic heterocycles. The fourth-order valence-corrected chi connectivity index (χ4v) is 2.75. The van der Waals surface area contributed by atoms with E-state index in [-0.39, 0.29) is 5.91 Å². The topological polar surface area (TPSA) is 67.9 Å². The highest BCUT2D eigenvalue weighted by Crippen LogP contribution is 2.39. The zero-order valence-corrected chi connectivity index (χ0v) is 11.6. The van der Waals surface area contributed by atoms with Crippen LogP contribution in [0.4, 0.5) is 0 Å². The van der Waals surface area contributed by atoms with Gasteiger partial charge in [-0.15, -0.1) is 0 Å². The number of hydrogen-bond donors (Lipinski definition) is 0. The molecule has 0 radical (unpaired) electrons. The van der Waals surface area contributed by atoms with Crippen molar-refractivity contribution in [2.45, 2.75) is 32.2 Å². The highest BCUT2D eigenvalue weighted by Gasteiger charge is 2.43. The van der Waals surface area contributed by atoms with Crippen LogP contribution in [-0.2, 0) is 11.3 Å². The molecule has 4 heteroatoms. The van der Waals surface area contributed by atoms with Crippen molar-refractivity contribution in [3.8, 4) is 12.1 Å². The van der Waals surface area contributed by atoms with Gasteiger partial charge in [0.15, 0.2) is 0 Å². The van der Waals surface area contributed by atoms with Crippen LogP contribution in [-0.4, -0.2) is 17.9 Å². The summed E-state index contributed by atoms with van der Waals surface area (Å²) in [6.07, 6.45) is 3.23. The van der Waals surface area contributed by atoms with Gasteiger partial charge in [0.25, 0.3) is 0 Å². The lowest BCUT2D eigenvalue weighted by Crippen LogP contribution is -2.39. The van der Waals surface area contributed by atoms with Crippen molar-refractivity contribution in [2.75, 3.05) is 7.05 Å².